The molecular formula is C13H22N4. The maximum atomic E-state index is 5.37. The summed E-state index contributed by atoms with van der Waals surface area (Å²) in [5, 5.41) is 0. The molecule has 0 radical (unpaired) electrons. The molecule has 0 saturated heterocycles. The van der Waals surface area contributed by atoms with Crippen molar-refractivity contribution in [3.63, 3.8) is 0 Å². The molecule has 3 N–H and O–H groups in total. The molecule has 0 aliphatic heterocycles. The molecule has 94 valence electrons. The van der Waals surface area contributed by atoms with Gasteiger partial charge < -0.3 is 5.43 Å². The first-order valence-corrected chi connectivity index (χ1v) is 6.46. The Balaban J connectivity index is 1.94. The zero-order valence-corrected chi connectivity index (χ0v) is 10.5. The SMILES string of the molecule is CCCN(Cc1cccc(NN)n1)CC1CC1. The van der Waals surface area contributed by atoms with Crippen molar-refractivity contribution in [2.75, 3.05) is 18.5 Å². The summed E-state index contributed by atoms with van der Waals surface area (Å²) < 4.78 is 0. The van der Waals surface area contributed by atoms with E-state index in [1.54, 1.807) is 0 Å². The number of rotatable bonds is 7. The number of anilines is 1. The van der Waals surface area contributed by atoms with Crippen LogP contribution in [0.1, 0.15) is 31.9 Å². The van der Waals surface area contributed by atoms with E-state index in [4.69, 9.17) is 5.84 Å². The lowest BCUT2D eigenvalue weighted by atomic mass is 10.2. The molecule has 0 amide bonds. The molecule has 1 heterocycles. The smallest absolute Gasteiger partial charge is 0.140 e. The van der Waals surface area contributed by atoms with Crippen LogP contribution in [0, 0.1) is 5.92 Å². The number of nitrogens with zero attached hydrogens (tertiary/aromatic N) is 2. The normalized spacial score (nSPS) is 15.2. The highest BCUT2D eigenvalue weighted by Crippen LogP contribution is 2.30. The Hall–Kier alpha value is -1.13. The maximum absolute atomic E-state index is 5.37. The topological polar surface area (TPSA) is 54.2 Å². The zero-order chi connectivity index (χ0) is 12.1. The third-order valence-corrected chi connectivity index (χ3v) is 3.09. The second kappa shape index (κ2) is 5.98. The minimum atomic E-state index is 0.741. The van der Waals surface area contributed by atoms with Gasteiger partial charge in [0.1, 0.15) is 5.82 Å². The first kappa shape index (κ1) is 12.3. The highest BCUT2D eigenvalue weighted by molar-refractivity contribution is 5.33. The van der Waals surface area contributed by atoms with Crippen molar-refractivity contribution in [2.24, 2.45) is 11.8 Å². The van der Waals surface area contributed by atoms with Crippen LogP contribution in [-0.4, -0.2) is 23.0 Å². The van der Waals surface area contributed by atoms with E-state index < -0.39 is 0 Å². The van der Waals surface area contributed by atoms with Crippen molar-refractivity contribution >= 4 is 5.82 Å². The fourth-order valence-electron chi connectivity index (χ4n) is 2.09. The molecule has 1 aliphatic carbocycles. The van der Waals surface area contributed by atoms with E-state index in [9.17, 15) is 0 Å². The van der Waals surface area contributed by atoms with E-state index in [2.05, 4.69) is 28.3 Å². The van der Waals surface area contributed by atoms with Gasteiger partial charge in [0.15, 0.2) is 0 Å². The van der Waals surface area contributed by atoms with Gasteiger partial charge in [-0.2, -0.15) is 0 Å². The number of hydrogen-bond acceptors (Lipinski definition) is 4. The minimum Gasteiger partial charge on any atom is -0.308 e. The van der Waals surface area contributed by atoms with Crippen LogP contribution in [0.15, 0.2) is 18.2 Å². The van der Waals surface area contributed by atoms with E-state index in [1.165, 1.54) is 25.8 Å². The van der Waals surface area contributed by atoms with E-state index in [-0.39, 0.29) is 0 Å². The number of hydrazine groups is 1. The average molecular weight is 234 g/mol. The summed E-state index contributed by atoms with van der Waals surface area (Å²) >= 11 is 0. The predicted molar refractivity (Wildman–Crippen MR) is 70.3 cm³/mol. The van der Waals surface area contributed by atoms with Gasteiger partial charge in [-0.15, -0.1) is 0 Å². The Bertz CT molecular complexity index is 349. The second-order valence-corrected chi connectivity index (χ2v) is 4.84. The van der Waals surface area contributed by atoms with Gasteiger partial charge in [-0.1, -0.05) is 13.0 Å². The Morgan fingerprint density at radius 3 is 2.94 bits per heavy atom. The summed E-state index contributed by atoms with van der Waals surface area (Å²) in [6.07, 6.45) is 4.00. The molecule has 2 rings (SSSR count). The first-order chi connectivity index (χ1) is 8.31. The van der Waals surface area contributed by atoms with Crippen molar-refractivity contribution in [3.05, 3.63) is 23.9 Å². The van der Waals surface area contributed by atoms with Gasteiger partial charge in [-0.25, -0.2) is 10.8 Å². The number of nitrogens with two attached hydrogens (primary N) is 1. The number of aromatic nitrogens is 1. The van der Waals surface area contributed by atoms with Gasteiger partial charge in [0, 0.05) is 13.1 Å². The van der Waals surface area contributed by atoms with Crippen molar-refractivity contribution in [1.29, 1.82) is 0 Å². The molecule has 0 unspecified atom stereocenters. The zero-order valence-electron chi connectivity index (χ0n) is 10.5. The predicted octanol–water partition coefficient (Wildman–Crippen LogP) is 1.99. The Labute approximate surface area is 103 Å². The Morgan fingerprint density at radius 2 is 2.29 bits per heavy atom. The van der Waals surface area contributed by atoms with E-state index in [0.717, 1.165) is 30.5 Å². The minimum absolute atomic E-state index is 0.741. The van der Waals surface area contributed by atoms with Gasteiger partial charge in [0.2, 0.25) is 0 Å². The number of nitrogens with one attached hydrogen (secondary N) is 1. The molecule has 1 fully saturated rings. The van der Waals surface area contributed by atoms with Crippen LogP contribution >= 0.6 is 0 Å². The molecule has 4 nitrogen and oxygen atoms in total. The summed E-state index contributed by atoms with van der Waals surface area (Å²) in [6.45, 7) is 5.53. The maximum Gasteiger partial charge on any atom is 0.140 e. The molecular weight excluding hydrogens is 212 g/mol. The summed E-state index contributed by atoms with van der Waals surface area (Å²) in [6, 6.07) is 5.95. The van der Waals surface area contributed by atoms with Crippen molar-refractivity contribution in [3.8, 4) is 0 Å². The Kier molecular flexibility index (Phi) is 4.34. The molecule has 1 aromatic heterocycles. The molecule has 0 bridgehead atoms. The van der Waals surface area contributed by atoms with Crippen molar-refractivity contribution in [1.82, 2.24) is 9.88 Å². The number of hydrogen-bond donors (Lipinski definition) is 2. The van der Waals surface area contributed by atoms with Gasteiger partial charge in [-0.3, -0.25) is 4.90 Å². The van der Waals surface area contributed by atoms with Crippen LogP contribution in [0.25, 0.3) is 0 Å². The third-order valence-electron chi connectivity index (χ3n) is 3.09. The van der Waals surface area contributed by atoms with Crippen LogP contribution in [0.3, 0.4) is 0 Å². The second-order valence-electron chi connectivity index (χ2n) is 4.84. The third kappa shape index (κ3) is 3.98. The molecule has 0 spiro atoms. The first-order valence-electron chi connectivity index (χ1n) is 6.46. The summed E-state index contributed by atoms with van der Waals surface area (Å²) in [5.41, 5.74) is 3.69. The van der Waals surface area contributed by atoms with E-state index in [0.29, 0.717) is 0 Å². The number of pyridine rings is 1. The lowest BCUT2D eigenvalue weighted by Crippen LogP contribution is -2.27. The molecule has 1 aliphatic rings. The van der Waals surface area contributed by atoms with Crippen molar-refractivity contribution in [2.45, 2.75) is 32.7 Å². The monoisotopic (exact) mass is 234 g/mol. The summed E-state index contributed by atoms with van der Waals surface area (Å²) in [4.78, 5) is 6.96. The highest BCUT2D eigenvalue weighted by atomic mass is 15.3. The van der Waals surface area contributed by atoms with Crippen LogP contribution < -0.4 is 11.3 Å². The standard InChI is InChI=1S/C13H22N4/c1-2-8-17(9-11-6-7-11)10-12-4-3-5-13(15-12)16-14/h3-5,11H,2,6-10,14H2,1H3,(H,15,16). The van der Waals surface area contributed by atoms with Crippen LogP contribution in [-0.2, 0) is 6.54 Å². The molecule has 1 saturated carbocycles. The quantitative estimate of drug-likeness (QED) is 0.559. The van der Waals surface area contributed by atoms with E-state index >= 15 is 0 Å². The lowest BCUT2D eigenvalue weighted by Gasteiger charge is -2.21. The highest BCUT2D eigenvalue weighted by Gasteiger charge is 2.24. The number of nitrogen functional groups attached to an aromatic ring is 1. The van der Waals surface area contributed by atoms with Crippen molar-refractivity contribution < 1.29 is 0 Å². The van der Waals surface area contributed by atoms with Gasteiger partial charge in [-0.05, 0) is 43.9 Å². The van der Waals surface area contributed by atoms with Crippen LogP contribution in [0.2, 0.25) is 0 Å². The van der Waals surface area contributed by atoms with Crippen LogP contribution in [0.4, 0.5) is 5.82 Å². The summed E-state index contributed by atoms with van der Waals surface area (Å²) in [5.74, 6) is 7.04. The molecule has 0 atom stereocenters. The van der Waals surface area contributed by atoms with Gasteiger partial charge in [0.05, 0.1) is 5.69 Å². The Morgan fingerprint density at radius 1 is 1.47 bits per heavy atom. The molecule has 0 aromatic carbocycles. The van der Waals surface area contributed by atoms with Gasteiger partial charge >= 0.3 is 0 Å². The largest absolute Gasteiger partial charge is 0.308 e. The van der Waals surface area contributed by atoms with Crippen LogP contribution in [0.5, 0.6) is 0 Å². The molecule has 4 heteroatoms. The van der Waals surface area contributed by atoms with E-state index in [1.807, 2.05) is 12.1 Å². The molecule has 17 heavy (non-hydrogen) atoms. The lowest BCUT2D eigenvalue weighted by molar-refractivity contribution is 0.252. The fourth-order valence-corrected chi connectivity index (χ4v) is 2.09. The fraction of sp³-hybridized carbons (Fsp3) is 0.615. The average Bonchev–Trinajstić information content (AvgIpc) is 3.13. The summed E-state index contributed by atoms with van der Waals surface area (Å²) in [7, 11) is 0. The molecule has 1 aromatic rings. The van der Waals surface area contributed by atoms with Gasteiger partial charge in [0.25, 0.3) is 0 Å².